The molecule has 0 N–H and O–H groups in total. The van der Waals surface area contributed by atoms with Gasteiger partial charge < -0.3 is 14.2 Å². The fourth-order valence-electron chi connectivity index (χ4n) is 7.72. The van der Waals surface area contributed by atoms with Crippen LogP contribution in [0.1, 0.15) is 60.3 Å². The number of allylic oxidation sites excluding steroid dienone is 5. The smallest absolute Gasteiger partial charge is 0.303 e. The number of carbonyl (C=O) groups excluding carboxylic acids is 3. The number of hydrogen-bond acceptors (Lipinski definition) is 6. The monoisotopic (exact) mass is 552 g/mol. The van der Waals surface area contributed by atoms with E-state index >= 15 is 4.39 Å². The summed E-state index contributed by atoms with van der Waals surface area (Å²) in [6.45, 7) is 8.03. The van der Waals surface area contributed by atoms with Gasteiger partial charge in [0.15, 0.2) is 12.2 Å². The van der Waals surface area contributed by atoms with Gasteiger partial charge in [-0.15, -0.1) is 0 Å². The lowest BCUT2D eigenvalue weighted by atomic mass is 9.47. The molecule has 35 heavy (non-hydrogen) atoms. The molecule has 2 saturated carbocycles. The molecule has 0 bridgehead atoms. The summed E-state index contributed by atoms with van der Waals surface area (Å²) in [5, 5.41) is 0. The highest BCUT2D eigenvalue weighted by molar-refractivity contribution is 9.10. The quantitative estimate of drug-likeness (QED) is 0.337. The maximum atomic E-state index is 15.8. The van der Waals surface area contributed by atoms with E-state index in [9.17, 15) is 14.4 Å². The van der Waals surface area contributed by atoms with Crippen LogP contribution in [0, 0.1) is 28.6 Å². The standard InChI is InChI=1S/C27H34BrFO6/c1-15-11-19-20-13-22(29)21-12-18(33-6)7-8-24(21,4)26(20,28)10-9-25(19,5)27(15,35-17(3)31)23(32)14-34-16(2)30/h7-8,12,15,19-20H,9-11,13-14H2,1-6H3/t15-,19-,20-,24-,25-,26+,27-/m0/s1. The minimum absolute atomic E-state index is 0.100. The summed E-state index contributed by atoms with van der Waals surface area (Å²) in [6, 6.07) is 0. The van der Waals surface area contributed by atoms with Crippen LogP contribution in [-0.2, 0) is 28.6 Å². The predicted octanol–water partition coefficient (Wildman–Crippen LogP) is 5.36. The van der Waals surface area contributed by atoms with Crippen LogP contribution in [0.5, 0.6) is 0 Å². The van der Waals surface area contributed by atoms with Crippen LogP contribution in [0.25, 0.3) is 0 Å². The molecule has 8 heteroatoms. The van der Waals surface area contributed by atoms with Crippen LogP contribution < -0.4 is 0 Å². The first kappa shape index (κ1) is 26.1. The summed E-state index contributed by atoms with van der Waals surface area (Å²) in [4.78, 5) is 37.4. The molecule has 0 amide bonds. The lowest BCUT2D eigenvalue weighted by Crippen LogP contribution is -2.64. The van der Waals surface area contributed by atoms with Crippen LogP contribution in [0.3, 0.4) is 0 Å². The molecule has 0 aliphatic heterocycles. The third-order valence-electron chi connectivity index (χ3n) is 9.39. The van der Waals surface area contributed by atoms with Gasteiger partial charge in [-0.25, -0.2) is 4.39 Å². The van der Waals surface area contributed by atoms with E-state index in [1.807, 2.05) is 26.0 Å². The molecule has 6 nitrogen and oxygen atoms in total. The first-order valence-electron chi connectivity index (χ1n) is 12.2. The minimum atomic E-state index is -1.44. The van der Waals surface area contributed by atoms with Crippen molar-refractivity contribution in [3.05, 3.63) is 35.4 Å². The summed E-state index contributed by atoms with van der Waals surface area (Å²) in [7, 11) is 1.57. The van der Waals surface area contributed by atoms with Gasteiger partial charge in [0, 0.05) is 41.3 Å². The highest BCUT2D eigenvalue weighted by Crippen LogP contribution is 2.72. The molecule has 0 unspecified atom stereocenters. The van der Waals surface area contributed by atoms with Crippen molar-refractivity contribution in [2.45, 2.75) is 70.2 Å². The average molecular weight is 553 g/mol. The number of ether oxygens (including phenoxy) is 3. The topological polar surface area (TPSA) is 78.9 Å². The number of fused-ring (bicyclic) bond motifs is 5. The number of hydrogen-bond donors (Lipinski definition) is 0. The lowest BCUT2D eigenvalue weighted by molar-refractivity contribution is -0.194. The molecule has 0 saturated heterocycles. The molecule has 0 heterocycles. The van der Waals surface area contributed by atoms with Crippen LogP contribution in [0.2, 0.25) is 0 Å². The number of carbonyl (C=O) groups is 3. The molecule has 2 fully saturated rings. The van der Waals surface area contributed by atoms with Gasteiger partial charge in [0.2, 0.25) is 5.78 Å². The lowest BCUT2D eigenvalue weighted by Gasteiger charge is -2.61. The summed E-state index contributed by atoms with van der Waals surface area (Å²) in [5.41, 5.74) is -2.17. The van der Waals surface area contributed by atoms with Crippen LogP contribution in [-0.4, -0.2) is 41.4 Å². The molecule has 7 atom stereocenters. The highest BCUT2D eigenvalue weighted by atomic mass is 79.9. The van der Waals surface area contributed by atoms with E-state index < -0.39 is 45.1 Å². The number of halogens is 2. The molecular weight excluding hydrogens is 519 g/mol. The second-order valence-electron chi connectivity index (χ2n) is 11.0. The molecule has 0 radical (unpaired) electrons. The Bertz CT molecular complexity index is 1060. The fourth-order valence-corrected chi connectivity index (χ4v) is 8.74. The van der Waals surface area contributed by atoms with Crippen molar-refractivity contribution in [3.63, 3.8) is 0 Å². The van der Waals surface area contributed by atoms with Crippen molar-refractivity contribution in [2.75, 3.05) is 13.7 Å². The fraction of sp³-hybridized carbons (Fsp3) is 0.667. The summed E-state index contributed by atoms with van der Waals surface area (Å²) >= 11 is 4.11. The Balaban J connectivity index is 1.81. The highest BCUT2D eigenvalue weighted by Gasteiger charge is 2.74. The third kappa shape index (κ3) is 3.49. The normalized spacial score (nSPS) is 41.8. The van der Waals surface area contributed by atoms with E-state index in [4.69, 9.17) is 14.2 Å². The third-order valence-corrected chi connectivity index (χ3v) is 11.2. The number of esters is 2. The van der Waals surface area contributed by atoms with E-state index in [-0.39, 0.29) is 30.0 Å². The first-order chi connectivity index (χ1) is 16.3. The van der Waals surface area contributed by atoms with Gasteiger partial charge in [-0.1, -0.05) is 42.8 Å². The van der Waals surface area contributed by atoms with Crippen molar-refractivity contribution < 1.29 is 33.0 Å². The van der Waals surface area contributed by atoms with Crippen molar-refractivity contribution in [3.8, 4) is 0 Å². The Hall–Kier alpha value is -1.96. The first-order valence-corrected chi connectivity index (χ1v) is 13.0. The van der Waals surface area contributed by atoms with E-state index in [1.165, 1.54) is 13.8 Å². The molecule has 0 aromatic rings. The summed E-state index contributed by atoms with van der Waals surface area (Å²) < 4.78 is 31.7. The Morgan fingerprint density at radius 1 is 1.14 bits per heavy atom. The Morgan fingerprint density at radius 2 is 1.83 bits per heavy atom. The number of methoxy groups -OCH3 is 1. The van der Waals surface area contributed by atoms with Gasteiger partial charge >= 0.3 is 11.9 Å². The Labute approximate surface area is 214 Å². The Kier molecular flexibility index (Phi) is 6.39. The van der Waals surface area contributed by atoms with Crippen molar-refractivity contribution in [1.29, 1.82) is 0 Å². The van der Waals surface area contributed by atoms with Crippen molar-refractivity contribution in [2.24, 2.45) is 28.6 Å². The molecule has 0 spiro atoms. The second kappa shape index (κ2) is 8.56. The SMILES string of the molecule is COC1=CC2=C(F)C[C@H]3[C@@H]4C[C@H](C)[C@](OC(C)=O)(C(=O)COC(C)=O)[C@@]4(C)CC[C@]3(Br)[C@@]2(C)C=C1. The van der Waals surface area contributed by atoms with Gasteiger partial charge in [0.05, 0.1) is 7.11 Å². The summed E-state index contributed by atoms with van der Waals surface area (Å²) in [6.07, 6.45) is 7.74. The number of alkyl halides is 1. The number of rotatable bonds is 5. The molecule has 4 rings (SSSR count). The molecule has 0 aromatic carbocycles. The van der Waals surface area contributed by atoms with Gasteiger partial charge in [0.1, 0.15) is 11.6 Å². The van der Waals surface area contributed by atoms with Gasteiger partial charge in [-0.2, -0.15) is 0 Å². The molecule has 4 aliphatic carbocycles. The molecule has 192 valence electrons. The van der Waals surface area contributed by atoms with Crippen LogP contribution >= 0.6 is 15.9 Å². The van der Waals surface area contributed by atoms with E-state index in [2.05, 4.69) is 22.9 Å². The molecule has 0 aromatic heterocycles. The molecular formula is C27H34BrFO6. The van der Waals surface area contributed by atoms with E-state index in [1.54, 1.807) is 13.2 Å². The number of ketones is 1. The summed E-state index contributed by atoms with van der Waals surface area (Å²) in [5.74, 6) is -1.66. The average Bonchev–Trinajstić information content (AvgIpc) is 3.01. The zero-order valence-corrected chi connectivity index (χ0v) is 22.8. The largest absolute Gasteiger partial charge is 0.497 e. The Morgan fingerprint density at radius 3 is 2.43 bits per heavy atom. The maximum Gasteiger partial charge on any atom is 0.303 e. The minimum Gasteiger partial charge on any atom is -0.497 e. The maximum absolute atomic E-state index is 15.8. The van der Waals surface area contributed by atoms with Crippen molar-refractivity contribution >= 4 is 33.7 Å². The van der Waals surface area contributed by atoms with Crippen LogP contribution in [0.4, 0.5) is 4.39 Å². The van der Waals surface area contributed by atoms with Crippen molar-refractivity contribution in [1.82, 2.24) is 0 Å². The van der Waals surface area contributed by atoms with Gasteiger partial charge in [-0.05, 0) is 48.8 Å². The van der Waals surface area contributed by atoms with E-state index in [0.717, 1.165) is 0 Å². The zero-order valence-electron chi connectivity index (χ0n) is 21.2. The van der Waals surface area contributed by atoms with Gasteiger partial charge in [0.25, 0.3) is 0 Å². The van der Waals surface area contributed by atoms with E-state index in [0.29, 0.717) is 30.6 Å². The zero-order chi connectivity index (χ0) is 26.0. The number of Topliss-reactive ketones (excluding diaryl/α,β-unsaturated/α-hetero) is 1. The van der Waals surface area contributed by atoms with Crippen LogP contribution in [0.15, 0.2) is 35.4 Å². The second-order valence-corrected chi connectivity index (χ2v) is 12.4. The predicted molar refractivity (Wildman–Crippen MR) is 131 cm³/mol. The molecule has 4 aliphatic rings. The van der Waals surface area contributed by atoms with Gasteiger partial charge in [-0.3, -0.25) is 14.4 Å².